The predicted octanol–water partition coefficient (Wildman–Crippen LogP) is 2.82. The number of methoxy groups -OCH3 is 1. The zero-order chi connectivity index (χ0) is 17.3. The van der Waals surface area contributed by atoms with Crippen molar-refractivity contribution in [2.75, 3.05) is 13.7 Å². The Bertz CT molecular complexity index is 982. The number of fused-ring (bicyclic) bond motifs is 1. The van der Waals surface area contributed by atoms with Crippen LogP contribution in [0.25, 0.3) is 11.0 Å². The van der Waals surface area contributed by atoms with Crippen LogP contribution in [0.1, 0.15) is 11.1 Å². The molecule has 0 radical (unpaired) electrons. The van der Waals surface area contributed by atoms with Crippen LogP contribution in [0.2, 0.25) is 5.15 Å². The van der Waals surface area contributed by atoms with Crippen LogP contribution >= 0.6 is 11.6 Å². The minimum atomic E-state index is -3.78. The molecule has 0 N–H and O–H groups in total. The van der Waals surface area contributed by atoms with Gasteiger partial charge in [0.1, 0.15) is 11.5 Å². The molecule has 126 valence electrons. The highest BCUT2D eigenvalue weighted by molar-refractivity contribution is 7.90. The Morgan fingerprint density at radius 1 is 1.21 bits per heavy atom. The zero-order valence-electron chi connectivity index (χ0n) is 13.2. The van der Waals surface area contributed by atoms with Gasteiger partial charge in [0.2, 0.25) is 0 Å². The van der Waals surface area contributed by atoms with Gasteiger partial charge in [-0.05, 0) is 31.0 Å². The first kappa shape index (κ1) is 16.9. The number of aryl methyl sites for hydroxylation is 1. The quantitative estimate of drug-likeness (QED) is 0.650. The van der Waals surface area contributed by atoms with E-state index in [1.54, 1.807) is 37.6 Å². The van der Waals surface area contributed by atoms with Gasteiger partial charge in [0, 0.05) is 13.3 Å². The molecule has 0 amide bonds. The van der Waals surface area contributed by atoms with E-state index in [2.05, 4.69) is 9.97 Å². The molecular formula is C16H16ClN3O3S. The van der Waals surface area contributed by atoms with E-state index in [1.165, 1.54) is 6.33 Å². The van der Waals surface area contributed by atoms with Crippen molar-refractivity contribution in [2.24, 2.45) is 0 Å². The number of hydrogen-bond donors (Lipinski definition) is 0. The average molecular weight is 366 g/mol. The fourth-order valence-corrected chi connectivity index (χ4v) is 4.06. The van der Waals surface area contributed by atoms with Crippen molar-refractivity contribution in [3.63, 3.8) is 0 Å². The molecule has 3 aromatic rings. The summed E-state index contributed by atoms with van der Waals surface area (Å²) in [5, 5.41) is 0.760. The molecule has 0 fully saturated rings. The Balaban J connectivity index is 2.22. The highest BCUT2D eigenvalue weighted by Gasteiger charge is 2.23. The summed E-state index contributed by atoms with van der Waals surface area (Å²) in [5.74, 6) is 0. The van der Waals surface area contributed by atoms with Crippen molar-refractivity contribution in [1.29, 1.82) is 0 Å². The first-order chi connectivity index (χ1) is 11.4. The van der Waals surface area contributed by atoms with E-state index in [9.17, 15) is 8.42 Å². The van der Waals surface area contributed by atoms with Gasteiger partial charge in [0.15, 0.2) is 5.65 Å². The first-order valence-corrected chi connectivity index (χ1v) is 9.08. The van der Waals surface area contributed by atoms with E-state index in [-0.39, 0.29) is 15.7 Å². The second-order valence-electron chi connectivity index (χ2n) is 5.37. The SMILES string of the molecule is COCCc1cn(S(=O)(=O)c2ccc(C)cc2)c2ncnc(Cl)c12. The molecule has 3 rings (SSSR count). The van der Waals surface area contributed by atoms with E-state index in [0.29, 0.717) is 18.4 Å². The van der Waals surface area contributed by atoms with Gasteiger partial charge in [0.05, 0.1) is 16.9 Å². The summed E-state index contributed by atoms with van der Waals surface area (Å²) in [7, 11) is -2.19. The molecule has 24 heavy (non-hydrogen) atoms. The van der Waals surface area contributed by atoms with Crippen LogP contribution in [-0.2, 0) is 21.2 Å². The molecule has 0 bridgehead atoms. The standard InChI is InChI=1S/C16H16ClN3O3S/c1-11-3-5-13(6-4-11)24(21,22)20-9-12(7-8-23-2)14-15(17)18-10-19-16(14)20/h3-6,9-10H,7-8H2,1-2H3. The van der Waals surface area contributed by atoms with Gasteiger partial charge in [0.25, 0.3) is 10.0 Å². The summed E-state index contributed by atoms with van der Waals surface area (Å²) in [4.78, 5) is 8.28. The molecule has 0 spiro atoms. The first-order valence-electron chi connectivity index (χ1n) is 7.26. The van der Waals surface area contributed by atoms with E-state index in [0.717, 1.165) is 15.1 Å². The molecule has 0 saturated carbocycles. The van der Waals surface area contributed by atoms with Crippen molar-refractivity contribution in [2.45, 2.75) is 18.2 Å². The number of aromatic nitrogens is 3. The number of rotatable bonds is 5. The lowest BCUT2D eigenvalue weighted by Crippen LogP contribution is -2.12. The molecule has 0 saturated heterocycles. The number of halogens is 1. The fraction of sp³-hybridized carbons (Fsp3) is 0.250. The maximum Gasteiger partial charge on any atom is 0.269 e. The van der Waals surface area contributed by atoms with Crippen molar-refractivity contribution in [3.05, 3.63) is 53.1 Å². The summed E-state index contributed by atoms with van der Waals surface area (Å²) in [6.45, 7) is 2.34. The third-order valence-electron chi connectivity index (χ3n) is 3.74. The van der Waals surface area contributed by atoms with Gasteiger partial charge in [-0.2, -0.15) is 0 Å². The Labute approximate surface area is 145 Å². The lowest BCUT2D eigenvalue weighted by Gasteiger charge is -2.07. The van der Waals surface area contributed by atoms with Crippen LogP contribution in [0.3, 0.4) is 0 Å². The largest absolute Gasteiger partial charge is 0.384 e. The van der Waals surface area contributed by atoms with Crippen LogP contribution in [-0.4, -0.2) is 36.1 Å². The zero-order valence-corrected chi connectivity index (χ0v) is 14.8. The summed E-state index contributed by atoms with van der Waals surface area (Å²) < 4.78 is 32.2. The monoisotopic (exact) mass is 365 g/mol. The van der Waals surface area contributed by atoms with Crippen LogP contribution < -0.4 is 0 Å². The normalized spacial score (nSPS) is 12.0. The minimum absolute atomic E-state index is 0.193. The molecule has 6 nitrogen and oxygen atoms in total. The molecule has 8 heteroatoms. The summed E-state index contributed by atoms with van der Waals surface area (Å²) in [5.41, 5.74) is 1.98. The number of nitrogens with zero attached hydrogens (tertiary/aromatic N) is 3. The number of ether oxygens (including phenoxy) is 1. The van der Waals surface area contributed by atoms with E-state index < -0.39 is 10.0 Å². The Hall–Kier alpha value is -1.96. The highest BCUT2D eigenvalue weighted by Crippen LogP contribution is 2.29. The maximum absolute atomic E-state index is 13.0. The fourth-order valence-electron chi connectivity index (χ4n) is 2.47. The van der Waals surface area contributed by atoms with Gasteiger partial charge in [-0.15, -0.1) is 0 Å². The lowest BCUT2D eigenvalue weighted by molar-refractivity contribution is 0.202. The third-order valence-corrected chi connectivity index (χ3v) is 5.69. The maximum atomic E-state index is 13.0. The molecular weight excluding hydrogens is 350 g/mol. The molecule has 2 aromatic heterocycles. The van der Waals surface area contributed by atoms with E-state index >= 15 is 0 Å². The highest BCUT2D eigenvalue weighted by atomic mass is 35.5. The van der Waals surface area contributed by atoms with Crippen molar-refractivity contribution in [1.82, 2.24) is 13.9 Å². The van der Waals surface area contributed by atoms with Crippen LogP contribution in [0.15, 0.2) is 41.7 Å². The summed E-state index contributed by atoms with van der Waals surface area (Å²) in [6, 6.07) is 6.67. The van der Waals surface area contributed by atoms with Gasteiger partial charge >= 0.3 is 0 Å². The molecule has 0 aliphatic rings. The van der Waals surface area contributed by atoms with E-state index in [4.69, 9.17) is 16.3 Å². The predicted molar refractivity (Wildman–Crippen MR) is 91.9 cm³/mol. The molecule has 0 atom stereocenters. The molecule has 0 unspecified atom stereocenters. The lowest BCUT2D eigenvalue weighted by atomic mass is 10.2. The third kappa shape index (κ3) is 2.90. The summed E-state index contributed by atoms with van der Waals surface area (Å²) in [6.07, 6.45) is 3.31. The van der Waals surface area contributed by atoms with Crippen LogP contribution in [0.4, 0.5) is 0 Å². The topological polar surface area (TPSA) is 74.1 Å². The Morgan fingerprint density at radius 3 is 2.58 bits per heavy atom. The van der Waals surface area contributed by atoms with Gasteiger partial charge in [-0.25, -0.2) is 22.4 Å². The van der Waals surface area contributed by atoms with Crippen LogP contribution in [0, 0.1) is 6.92 Å². The smallest absolute Gasteiger partial charge is 0.269 e. The van der Waals surface area contributed by atoms with Gasteiger partial charge in [-0.3, -0.25) is 0 Å². The molecule has 1 aromatic carbocycles. The van der Waals surface area contributed by atoms with Crippen molar-refractivity contribution in [3.8, 4) is 0 Å². The molecule has 2 heterocycles. The second kappa shape index (κ2) is 6.51. The van der Waals surface area contributed by atoms with Gasteiger partial charge in [-0.1, -0.05) is 29.3 Å². The van der Waals surface area contributed by atoms with Crippen molar-refractivity contribution < 1.29 is 13.2 Å². The van der Waals surface area contributed by atoms with Crippen molar-refractivity contribution >= 4 is 32.7 Å². The second-order valence-corrected chi connectivity index (χ2v) is 7.55. The minimum Gasteiger partial charge on any atom is -0.384 e. The van der Waals surface area contributed by atoms with Gasteiger partial charge < -0.3 is 4.74 Å². The van der Waals surface area contributed by atoms with Crippen LogP contribution in [0.5, 0.6) is 0 Å². The average Bonchev–Trinajstić information content (AvgIpc) is 2.94. The van der Waals surface area contributed by atoms with E-state index in [1.807, 2.05) is 6.92 Å². The summed E-state index contributed by atoms with van der Waals surface area (Å²) >= 11 is 6.17. The Kier molecular flexibility index (Phi) is 4.58. The number of benzene rings is 1. The molecule has 0 aliphatic heterocycles. The molecule has 0 aliphatic carbocycles. The Morgan fingerprint density at radius 2 is 1.92 bits per heavy atom. The number of hydrogen-bond acceptors (Lipinski definition) is 5.